The SMILES string of the molecule is CN1CCN(c2cncc(-c3ccc4[nH]nc(C(=O)Nc5ccc(N6CCCC6)nc5)c4c3)c2)CC1.CS(=O)(=O)c1ccc(NC(=O)c2n[nH]c3ccc(-c4cncc(CN5CCCCC5)c4)cc23)cn1.O=C(NC1CCCC1)c1ccc(NC(=O)c2n[nH]c3ccc(-c4cncc(CN5CCCCC5)c4)cc23)cn1.O=C(Nc1ccc(N2CCCC2)nc1)c1n[nH]c2ccc(-c3cncc(CN4CCC(F)(F)C4)c3)cc12. The van der Waals surface area contributed by atoms with Crippen LogP contribution in [0.4, 0.5) is 48.9 Å². The molecule has 7 aliphatic rings. The lowest BCUT2D eigenvalue weighted by Gasteiger charge is -2.34. The number of amides is 5. The summed E-state index contributed by atoms with van der Waals surface area (Å²) in [6.07, 6.45) is 38.6. The normalized spacial score (nSPS) is 16.3. The van der Waals surface area contributed by atoms with Crippen molar-refractivity contribution in [3.63, 3.8) is 0 Å². The molecular weight excluding hydrogens is 1880 g/mol. The van der Waals surface area contributed by atoms with Crippen LogP contribution in [0.1, 0.15) is 165 Å². The van der Waals surface area contributed by atoms with Gasteiger partial charge in [0, 0.05) is 184 Å². The van der Waals surface area contributed by atoms with Crippen molar-refractivity contribution >= 4 is 123 Å². The molecule has 5 amide bonds. The van der Waals surface area contributed by atoms with E-state index >= 15 is 0 Å². The third-order valence-electron chi connectivity index (χ3n) is 28.0. The number of fused-ring (bicyclic) bond motifs is 4. The molecule has 754 valence electrons. The van der Waals surface area contributed by atoms with Crippen LogP contribution in [0.25, 0.3) is 88.1 Å². The van der Waals surface area contributed by atoms with Gasteiger partial charge in [-0.2, -0.15) is 20.4 Å². The molecule has 9 N–H and O–H groups in total. The first-order chi connectivity index (χ1) is 71.6. The van der Waals surface area contributed by atoms with Crippen LogP contribution in [0.2, 0.25) is 0 Å². The lowest BCUT2D eigenvalue weighted by molar-refractivity contribution is 0.0114. The minimum Gasteiger partial charge on any atom is -0.368 e. The molecule has 6 saturated heterocycles. The minimum atomic E-state index is -3.41. The lowest BCUT2D eigenvalue weighted by atomic mass is 10.0. The fourth-order valence-corrected chi connectivity index (χ4v) is 20.5. The Labute approximate surface area is 848 Å². The molecule has 6 aliphatic heterocycles. The van der Waals surface area contributed by atoms with Crippen molar-refractivity contribution < 1.29 is 41.2 Å². The van der Waals surface area contributed by atoms with Gasteiger partial charge in [0.25, 0.3) is 35.5 Å². The van der Waals surface area contributed by atoms with E-state index in [1.54, 1.807) is 41.8 Å². The van der Waals surface area contributed by atoms with Crippen LogP contribution in [-0.2, 0) is 29.5 Å². The largest absolute Gasteiger partial charge is 0.368 e. The molecule has 0 spiro atoms. The Morgan fingerprint density at radius 3 is 1.08 bits per heavy atom. The van der Waals surface area contributed by atoms with Gasteiger partial charge >= 0.3 is 0 Å². The van der Waals surface area contributed by atoms with Crippen molar-refractivity contribution in [1.82, 2.24) is 106 Å². The highest BCUT2D eigenvalue weighted by Gasteiger charge is 2.38. The smallest absolute Gasteiger partial charge is 0.276 e. The molecular formula is C109H116F2N28O7S. The molecule has 23 rings (SSSR count). The zero-order valence-electron chi connectivity index (χ0n) is 82.0. The first-order valence-corrected chi connectivity index (χ1v) is 52.3. The number of anilines is 7. The summed E-state index contributed by atoms with van der Waals surface area (Å²) in [5.41, 5.74) is 18.7. The zero-order valence-corrected chi connectivity index (χ0v) is 82.8. The van der Waals surface area contributed by atoms with E-state index in [-0.39, 0.29) is 59.0 Å². The van der Waals surface area contributed by atoms with Crippen molar-refractivity contribution in [3.05, 3.63) is 265 Å². The Morgan fingerprint density at radius 2 is 0.721 bits per heavy atom. The topological polar surface area (TPSA) is 420 Å². The van der Waals surface area contributed by atoms with E-state index in [1.165, 1.54) is 99.9 Å². The molecule has 7 fully saturated rings. The van der Waals surface area contributed by atoms with E-state index in [9.17, 15) is 41.2 Å². The summed E-state index contributed by atoms with van der Waals surface area (Å²) in [5.74, 6) is -2.30. The van der Waals surface area contributed by atoms with Gasteiger partial charge in [-0.25, -0.2) is 37.1 Å². The molecule has 0 atom stereocenters. The number of nitrogens with zero attached hydrogens (tertiary/aromatic N) is 19. The molecule has 16 aromatic rings. The Bertz CT molecular complexity index is 7520. The number of benzene rings is 4. The monoisotopic (exact) mass is 2000 g/mol. The highest BCUT2D eigenvalue weighted by atomic mass is 32.2. The minimum absolute atomic E-state index is 0.0542. The molecule has 35 nitrogen and oxygen atoms in total. The van der Waals surface area contributed by atoms with Crippen molar-refractivity contribution in [2.24, 2.45) is 0 Å². The van der Waals surface area contributed by atoms with E-state index in [0.29, 0.717) is 63.7 Å². The van der Waals surface area contributed by atoms with Crippen LogP contribution < -0.4 is 41.3 Å². The molecule has 0 radical (unpaired) electrons. The Balaban J connectivity index is 0.000000119. The number of hydrogen-bond donors (Lipinski definition) is 9. The van der Waals surface area contributed by atoms with E-state index in [2.05, 4.69) is 162 Å². The van der Waals surface area contributed by atoms with Gasteiger partial charge in [0.05, 0.1) is 88.0 Å². The van der Waals surface area contributed by atoms with Gasteiger partial charge < -0.3 is 46.2 Å². The van der Waals surface area contributed by atoms with Gasteiger partial charge in [0.1, 0.15) is 17.3 Å². The standard InChI is InChI=1S/C30H33N7O2.C27H27F2N7O.C27H30N8O.C25H26N6O3S/c38-29(33-23-6-2-3-7-23)27-11-9-24(18-32-27)34-30(39)28-25-15-21(8-10-26(25)35-36-28)22-14-20(16-31-17-22)19-37-12-4-1-5-13-37;28-27(29)7-10-35(17-27)16-18-11-20(14-30-13-18)19-3-5-23-22(12-19)25(34-33-23)26(37)32-21-4-6-24(31-15-21)36-8-1-2-9-36;1-33-10-12-34(13-11-33)22-14-20(16-28-18-22)19-4-6-24-23(15-19)26(32-31-24)27(36)30-21-5-7-25(29-17-21)35-8-2-3-9-35;1-35(33,34)23-8-6-20(15-27-23)28-25(32)24-21-12-18(5-7-22(21)29-30-24)19-11-17(13-26-14-19)16-31-9-3-2-4-10-31/h8-11,14-18,23H,1-7,12-13,19H2,(H,33,38)(H,34,39)(H,35,36);3-6,11-15H,1-2,7-10,16-17H2,(H,32,37)(H,33,34);4-7,14-18H,2-3,8-13H2,1H3,(H,30,36)(H,31,32);5-8,11-15H,2-4,9-10,16H2,1H3,(H,28,32)(H,29,30). The molecule has 1 aliphatic carbocycles. The van der Waals surface area contributed by atoms with Crippen LogP contribution in [0, 0.1) is 0 Å². The maximum atomic E-state index is 13.6. The second-order valence-corrected chi connectivity index (χ2v) is 40.8. The van der Waals surface area contributed by atoms with Gasteiger partial charge in [-0.3, -0.25) is 79.0 Å². The Kier molecular flexibility index (Phi) is 30.2. The lowest BCUT2D eigenvalue weighted by Crippen LogP contribution is -2.44. The fourth-order valence-electron chi connectivity index (χ4n) is 20.0. The first-order valence-electron chi connectivity index (χ1n) is 50.4. The molecule has 0 unspecified atom stereocenters. The molecule has 0 bridgehead atoms. The van der Waals surface area contributed by atoms with Gasteiger partial charge in [0.2, 0.25) is 0 Å². The Hall–Kier alpha value is -15.6. The number of H-pyrrole nitrogens is 4. The number of aromatic amines is 4. The average molecular weight is 2000 g/mol. The molecule has 12 aromatic heterocycles. The summed E-state index contributed by atoms with van der Waals surface area (Å²) in [5, 5.41) is 46.1. The van der Waals surface area contributed by atoms with Gasteiger partial charge in [-0.05, 0) is 258 Å². The van der Waals surface area contributed by atoms with E-state index in [1.807, 2.05) is 140 Å². The number of likely N-dealkylation sites (N-methyl/N-ethyl adjacent to an activating group) is 1. The number of sulfone groups is 1. The number of alkyl halides is 2. The van der Waals surface area contributed by atoms with Crippen molar-refractivity contribution in [1.29, 1.82) is 0 Å². The predicted molar refractivity (Wildman–Crippen MR) is 565 cm³/mol. The van der Waals surface area contributed by atoms with Crippen molar-refractivity contribution in [3.8, 4) is 44.5 Å². The first kappa shape index (κ1) is 98.7. The second kappa shape index (κ2) is 44.9. The number of likely N-dealkylation sites (tertiary alicyclic amines) is 3. The van der Waals surface area contributed by atoms with E-state index in [4.69, 9.17) is 0 Å². The number of hydrogen-bond acceptors (Lipinski definition) is 26. The van der Waals surface area contributed by atoms with Crippen LogP contribution >= 0.6 is 0 Å². The number of aromatic nitrogens is 16. The summed E-state index contributed by atoms with van der Waals surface area (Å²) < 4.78 is 50.4. The maximum Gasteiger partial charge on any atom is 0.276 e. The van der Waals surface area contributed by atoms with Crippen LogP contribution in [-0.4, -0.2) is 255 Å². The summed E-state index contributed by atoms with van der Waals surface area (Å²) in [6.45, 7) is 15.0. The van der Waals surface area contributed by atoms with E-state index in [0.717, 1.165) is 224 Å². The van der Waals surface area contributed by atoms with Crippen LogP contribution in [0.5, 0.6) is 0 Å². The molecule has 18 heterocycles. The number of carbonyl (C=O) groups excluding carboxylic acids is 5. The number of piperazine rings is 1. The third kappa shape index (κ3) is 24.5. The van der Waals surface area contributed by atoms with Gasteiger partial charge in [-0.15, -0.1) is 0 Å². The maximum absolute atomic E-state index is 13.6. The fraction of sp³-hybridized carbons (Fsp3) is 0.330. The number of pyridine rings is 8. The Morgan fingerprint density at radius 1 is 0.354 bits per heavy atom. The van der Waals surface area contributed by atoms with E-state index < -0.39 is 21.7 Å². The number of nitrogens with one attached hydrogen (secondary N) is 9. The number of halogens is 2. The highest BCUT2D eigenvalue weighted by molar-refractivity contribution is 7.90. The number of carbonyl (C=O) groups is 5. The molecule has 1 saturated carbocycles. The quantitative estimate of drug-likeness (QED) is 0.0271. The molecule has 147 heavy (non-hydrogen) atoms. The summed E-state index contributed by atoms with van der Waals surface area (Å²) in [7, 11) is -1.26. The summed E-state index contributed by atoms with van der Waals surface area (Å²) in [6, 6.07) is 45.9. The number of rotatable bonds is 24. The van der Waals surface area contributed by atoms with Crippen molar-refractivity contribution in [2.45, 2.75) is 133 Å². The average Bonchev–Trinajstić information content (AvgIpc) is 1.66. The van der Waals surface area contributed by atoms with Crippen LogP contribution in [0.3, 0.4) is 0 Å². The van der Waals surface area contributed by atoms with Crippen LogP contribution in [0.15, 0.2) is 225 Å². The highest BCUT2D eigenvalue weighted by Crippen LogP contribution is 2.36. The summed E-state index contributed by atoms with van der Waals surface area (Å²) in [4.78, 5) is 116. The molecule has 38 heteroatoms. The molecule has 4 aromatic carbocycles. The van der Waals surface area contributed by atoms with Crippen molar-refractivity contribution in [2.75, 3.05) is 141 Å². The van der Waals surface area contributed by atoms with Gasteiger partial charge in [-0.1, -0.05) is 49.9 Å². The van der Waals surface area contributed by atoms with Gasteiger partial charge in [0.15, 0.2) is 37.6 Å². The second-order valence-electron chi connectivity index (χ2n) is 38.8. The number of piperidine rings is 2. The third-order valence-corrected chi connectivity index (χ3v) is 29.0. The zero-order chi connectivity index (χ0) is 101. The summed E-state index contributed by atoms with van der Waals surface area (Å²) >= 11 is 0. The predicted octanol–water partition coefficient (Wildman–Crippen LogP) is 16.9.